The molecule has 0 aliphatic heterocycles. The summed E-state index contributed by atoms with van der Waals surface area (Å²) in [5.41, 5.74) is -2.50. The number of ether oxygens (including phenoxy) is 2. The van der Waals surface area contributed by atoms with E-state index in [9.17, 15) is 27.2 Å². The molecule has 0 spiro atoms. The van der Waals surface area contributed by atoms with Gasteiger partial charge in [-0.25, -0.2) is 9.18 Å². The normalized spacial score (nSPS) is 11.2. The van der Waals surface area contributed by atoms with Crippen LogP contribution in [0.3, 0.4) is 0 Å². The van der Waals surface area contributed by atoms with Crippen LogP contribution in [0.2, 0.25) is 0 Å². The predicted octanol–water partition coefficient (Wildman–Crippen LogP) is 1.53. The Morgan fingerprint density at radius 3 is 2.50 bits per heavy atom. The molecule has 0 atom stereocenters. The van der Waals surface area contributed by atoms with E-state index in [0.717, 1.165) is 7.11 Å². The fourth-order valence-electron chi connectivity index (χ4n) is 1.19. The number of hydrogen-bond donors (Lipinski definition) is 1. The minimum atomic E-state index is -5.11. The third kappa shape index (κ3) is 3.22. The van der Waals surface area contributed by atoms with Crippen LogP contribution in [0.4, 0.5) is 17.6 Å². The number of carbonyl (C=O) groups excluding carboxylic acids is 1. The van der Waals surface area contributed by atoms with E-state index >= 15 is 0 Å². The molecule has 1 rings (SSSR count). The van der Waals surface area contributed by atoms with Gasteiger partial charge in [0.05, 0.1) is 12.7 Å². The summed E-state index contributed by atoms with van der Waals surface area (Å²) >= 11 is 0. The molecule has 100 valence electrons. The minimum absolute atomic E-state index is 0.398. The second kappa shape index (κ2) is 5.07. The van der Waals surface area contributed by atoms with Gasteiger partial charge in [-0.2, -0.15) is 0 Å². The van der Waals surface area contributed by atoms with Gasteiger partial charge in [-0.3, -0.25) is 4.79 Å². The standard InChI is InChI=1S/C9H7F4NO4/c1-17-8(16)7-4(3-10)5(2-6(15)14-7)18-9(11,12)13/h2H,3H2,1H3,(H,14,15). The number of methoxy groups -OCH3 is 1. The van der Waals surface area contributed by atoms with Gasteiger partial charge >= 0.3 is 12.3 Å². The average Bonchev–Trinajstić information content (AvgIpc) is 2.25. The van der Waals surface area contributed by atoms with Crippen molar-refractivity contribution in [1.29, 1.82) is 0 Å². The molecule has 1 aromatic rings. The number of nitrogens with one attached hydrogen (secondary N) is 1. The van der Waals surface area contributed by atoms with Gasteiger partial charge in [0, 0.05) is 6.07 Å². The maximum atomic E-state index is 12.7. The lowest BCUT2D eigenvalue weighted by atomic mass is 10.2. The van der Waals surface area contributed by atoms with E-state index in [1.54, 1.807) is 0 Å². The summed E-state index contributed by atoms with van der Waals surface area (Å²) in [6.07, 6.45) is -5.11. The van der Waals surface area contributed by atoms with Gasteiger partial charge in [-0.1, -0.05) is 0 Å². The molecule has 5 nitrogen and oxygen atoms in total. The van der Waals surface area contributed by atoms with E-state index in [0.29, 0.717) is 6.07 Å². The minimum Gasteiger partial charge on any atom is -0.464 e. The molecular weight excluding hydrogens is 262 g/mol. The lowest BCUT2D eigenvalue weighted by Crippen LogP contribution is -2.23. The van der Waals surface area contributed by atoms with Gasteiger partial charge in [0.1, 0.15) is 18.1 Å². The number of hydrogen-bond acceptors (Lipinski definition) is 4. The first-order chi connectivity index (χ1) is 8.28. The van der Waals surface area contributed by atoms with Gasteiger partial charge in [0.25, 0.3) is 5.56 Å². The lowest BCUT2D eigenvalue weighted by Gasteiger charge is -2.13. The van der Waals surface area contributed by atoms with Crippen LogP contribution in [-0.4, -0.2) is 24.4 Å². The SMILES string of the molecule is COC(=O)c1[nH]c(=O)cc(OC(F)(F)F)c1CF. The van der Waals surface area contributed by atoms with Crippen LogP contribution in [-0.2, 0) is 11.4 Å². The first kappa shape index (κ1) is 14.0. The summed E-state index contributed by atoms with van der Waals surface area (Å²) < 4.78 is 56.4. The molecule has 1 N–H and O–H groups in total. The van der Waals surface area contributed by atoms with Crippen molar-refractivity contribution in [3.05, 3.63) is 27.7 Å². The lowest BCUT2D eigenvalue weighted by molar-refractivity contribution is -0.275. The van der Waals surface area contributed by atoms with Gasteiger partial charge < -0.3 is 14.5 Å². The van der Waals surface area contributed by atoms with E-state index in [1.165, 1.54) is 0 Å². The largest absolute Gasteiger partial charge is 0.573 e. The number of pyridine rings is 1. The fraction of sp³-hybridized carbons (Fsp3) is 0.333. The number of esters is 1. The Bertz CT molecular complexity index is 508. The number of rotatable bonds is 3. The van der Waals surface area contributed by atoms with Crippen LogP contribution < -0.4 is 10.3 Å². The Kier molecular flexibility index (Phi) is 3.94. The molecule has 1 heterocycles. The predicted molar refractivity (Wildman–Crippen MR) is 49.9 cm³/mol. The van der Waals surface area contributed by atoms with E-state index in [-0.39, 0.29) is 0 Å². The van der Waals surface area contributed by atoms with Crippen molar-refractivity contribution in [2.24, 2.45) is 0 Å². The molecular formula is C9H7F4NO4. The van der Waals surface area contributed by atoms with Gasteiger partial charge in [-0.05, 0) is 0 Å². The molecule has 0 fully saturated rings. The smallest absolute Gasteiger partial charge is 0.464 e. The average molecular weight is 269 g/mol. The Balaban J connectivity index is 3.38. The fourth-order valence-corrected chi connectivity index (χ4v) is 1.19. The summed E-state index contributed by atoms with van der Waals surface area (Å²) in [6.45, 7) is -1.44. The van der Waals surface area contributed by atoms with E-state index in [1.807, 2.05) is 4.98 Å². The summed E-state index contributed by atoms with van der Waals surface area (Å²) in [5.74, 6) is -2.25. The molecule has 0 radical (unpaired) electrons. The zero-order valence-electron chi connectivity index (χ0n) is 8.93. The number of aromatic nitrogens is 1. The highest BCUT2D eigenvalue weighted by atomic mass is 19.4. The van der Waals surface area contributed by atoms with Crippen molar-refractivity contribution in [2.45, 2.75) is 13.0 Å². The Hall–Kier alpha value is -2.06. The molecule has 1 aromatic heterocycles. The van der Waals surface area contributed by atoms with Crippen molar-refractivity contribution >= 4 is 5.97 Å². The molecule has 0 saturated carbocycles. The molecule has 0 amide bonds. The first-order valence-electron chi connectivity index (χ1n) is 4.44. The molecule has 9 heteroatoms. The maximum Gasteiger partial charge on any atom is 0.573 e. The van der Waals surface area contributed by atoms with E-state index in [2.05, 4.69) is 9.47 Å². The zero-order valence-corrected chi connectivity index (χ0v) is 8.93. The summed E-state index contributed by atoms with van der Waals surface area (Å²) in [4.78, 5) is 24.1. The Labute approximate surface area is 97.3 Å². The number of carbonyl (C=O) groups is 1. The third-order valence-electron chi connectivity index (χ3n) is 1.86. The van der Waals surface area contributed by atoms with Crippen LogP contribution in [0, 0.1) is 0 Å². The molecule has 18 heavy (non-hydrogen) atoms. The van der Waals surface area contributed by atoms with E-state index in [4.69, 9.17) is 0 Å². The van der Waals surface area contributed by atoms with Gasteiger partial charge in [0.2, 0.25) is 0 Å². The van der Waals surface area contributed by atoms with E-state index < -0.39 is 41.6 Å². The van der Waals surface area contributed by atoms with Crippen LogP contribution in [0.1, 0.15) is 16.1 Å². The molecule has 0 unspecified atom stereocenters. The summed E-state index contributed by atoms with van der Waals surface area (Å²) in [6, 6.07) is 0.398. The highest BCUT2D eigenvalue weighted by Gasteiger charge is 2.33. The Morgan fingerprint density at radius 2 is 2.06 bits per heavy atom. The van der Waals surface area contributed by atoms with Crippen LogP contribution >= 0.6 is 0 Å². The molecule has 0 aromatic carbocycles. The topological polar surface area (TPSA) is 68.4 Å². The van der Waals surface area contributed by atoms with Crippen molar-refractivity contribution in [3.63, 3.8) is 0 Å². The monoisotopic (exact) mass is 269 g/mol. The summed E-state index contributed by atoms with van der Waals surface area (Å²) in [5, 5.41) is 0. The molecule has 0 bridgehead atoms. The molecule has 0 aliphatic carbocycles. The Morgan fingerprint density at radius 1 is 1.44 bits per heavy atom. The molecule has 0 saturated heterocycles. The zero-order chi connectivity index (χ0) is 13.9. The summed E-state index contributed by atoms with van der Waals surface area (Å²) in [7, 11) is 0.931. The van der Waals surface area contributed by atoms with Crippen molar-refractivity contribution in [3.8, 4) is 5.75 Å². The van der Waals surface area contributed by atoms with Crippen LogP contribution in [0.5, 0.6) is 5.75 Å². The molecule has 0 aliphatic rings. The number of H-pyrrole nitrogens is 1. The number of halogens is 4. The van der Waals surface area contributed by atoms with Gasteiger partial charge in [-0.15, -0.1) is 13.2 Å². The third-order valence-corrected chi connectivity index (χ3v) is 1.86. The maximum absolute atomic E-state index is 12.7. The number of aromatic amines is 1. The second-order valence-electron chi connectivity index (χ2n) is 3.02. The van der Waals surface area contributed by atoms with Crippen molar-refractivity contribution in [2.75, 3.05) is 7.11 Å². The number of alkyl halides is 4. The first-order valence-corrected chi connectivity index (χ1v) is 4.44. The quantitative estimate of drug-likeness (QED) is 0.667. The highest BCUT2D eigenvalue weighted by molar-refractivity contribution is 5.89. The van der Waals surface area contributed by atoms with Crippen molar-refractivity contribution in [1.82, 2.24) is 4.98 Å². The van der Waals surface area contributed by atoms with Crippen LogP contribution in [0.15, 0.2) is 10.9 Å². The van der Waals surface area contributed by atoms with Gasteiger partial charge in [0.15, 0.2) is 0 Å². The highest BCUT2D eigenvalue weighted by Crippen LogP contribution is 2.27. The van der Waals surface area contributed by atoms with Crippen LogP contribution in [0.25, 0.3) is 0 Å². The second-order valence-corrected chi connectivity index (χ2v) is 3.02. The van der Waals surface area contributed by atoms with Crippen molar-refractivity contribution < 1.29 is 31.8 Å².